The number of anilines is 2. The van der Waals surface area contributed by atoms with Gasteiger partial charge in [-0.05, 0) is 55.8 Å². The van der Waals surface area contributed by atoms with Gasteiger partial charge in [-0.1, -0.05) is 0 Å². The molecule has 0 spiro atoms. The van der Waals surface area contributed by atoms with Crippen LogP contribution in [0.2, 0.25) is 0 Å². The molecule has 0 aliphatic carbocycles. The monoisotopic (exact) mass is 378 g/mol. The first kappa shape index (κ1) is 19.1. The van der Waals surface area contributed by atoms with Crippen LogP contribution in [-0.4, -0.2) is 34.6 Å². The minimum absolute atomic E-state index is 0.244. The first-order chi connectivity index (χ1) is 13.6. The lowest BCUT2D eigenvalue weighted by atomic mass is 10.2. The van der Waals surface area contributed by atoms with Crippen LogP contribution in [0.5, 0.6) is 11.6 Å². The lowest BCUT2D eigenvalue weighted by Gasteiger charge is -2.13. The van der Waals surface area contributed by atoms with E-state index in [1.807, 2.05) is 32.0 Å². The number of nitrogens with zero attached hydrogens (tertiary/aromatic N) is 3. The summed E-state index contributed by atoms with van der Waals surface area (Å²) >= 11 is 0. The number of hydrogen-bond donors (Lipinski definition) is 3. The lowest BCUT2D eigenvalue weighted by molar-refractivity contribution is 0.252. The largest absolute Gasteiger partial charge is 0.438 e. The Balaban J connectivity index is 1.85. The highest BCUT2D eigenvalue weighted by atomic mass is 16.5. The molecule has 0 bridgehead atoms. The van der Waals surface area contributed by atoms with Crippen LogP contribution >= 0.6 is 0 Å². The zero-order valence-electron chi connectivity index (χ0n) is 16.0. The lowest BCUT2D eigenvalue weighted by Crippen LogP contribution is -2.28. The predicted octanol–water partition coefficient (Wildman–Crippen LogP) is 3.82. The van der Waals surface area contributed by atoms with Crippen molar-refractivity contribution in [3.05, 3.63) is 54.4 Å². The average molecular weight is 378 g/mol. The number of hydrogen-bond acceptors (Lipinski definition) is 6. The number of amides is 2. The first-order valence-corrected chi connectivity index (χ1v) is 8.90. The molecule has 2 aromatic heterocycles. The van der Waals surface area contributed by atoms with E-state index in [0.29, 0.717) is 35.5 Å². The van der Waals surface area contributed by atoms with Gasteiger partial charge in [-0.2, -0.15) is 0 Å². The third kappa shape index (κ3) is 4.53. The van der Waals surface area contributed by atoms with Gasteiger partial charge in [0.05, 0.1) is 11.3 Å². The van der Waals surface area contributed by atoms with Gasteiger partial charge in [0.2, 0.25) is 11.8 Å². The number of carbonyl (C=O) groups is 1. The summed E-state index contributed by atoms with van der Waals surface area (Å²) in [5.74, 6) is 1.60. The molecule has 3 N–H and O–H groups in total. The van der Waals surface area contributed by atoms with E-state index in [1.165, 1.54) is 0 Å². The number of rotatable bonds is 6. The smallest absolute Gasteiger partial charge is 0.319 e. The number of nitrogens with one attached hydrogen (secondary N) is 3. The molecule has 0 atom stereocenters. The summed E-state index contributed by atoms with van der Waals surface area (Å²) in [6.07, 6.45) is 3.34. The summed E-state index contributed by atoms with van der Waals surface area (Å²) in [5.41, 5.74) is 3.01. The maximum atomic E-state index is 11.7. The highest BCUT2D eigenvalue weighted by molar-refractivity contribution is 5.89. The summed E-state index contributed by atoms with van der Waals surface area (Å²) in [7, 11) is 1.76. The minimum Gasteiger partial charge on any atom is -0.438 e. The van der Waals surface area contributed by atoms with Crippen molar-refractivity contribution in [3.63, 3.8) is 0 Å². The van der Waals surface area contributed by atoms with Gasteiger partial charge in [0.15, 0.2) is 0 Å². The van der Waals surface area contributed by atoms with Crippen molar-refractivity contribution in [2.75, 3.05) is 24.2 Å². The van der Waals surface area contributed by atoms with Gasteiger partial charge >= 0.3 is 6.03 Å². The van der Waals surface area contributed by atoms with E-state index < -0.39 is 0 Å². The van der Waals surface area contributed by atoms with Crippen molar-refractivity contribution >= 4 is 17.7 Å². The molecule has 8 heteroatoms. The molecule has 0 unspecified atom stereocenters. The van der Waals surface area contributed by atoms with Crippen LogP contribution in [0, 0.1) is 6.92 Å². The highest BCUT2D eigenvalue weighted by Crippen LogP contribution is 2.32. The molecule has 2 amide bonds. The number of benzene rings is 1. The first-order valence-electron chi connectivity index (χ1n) is 8.90. The summed E-state index contributed by atoms with van der Waals surface area (Å²) in [6.45, 7) is 4.33. The zero-order valence-corrected chi connectivity index (χ0v) is 16.0. The number of pyridine rings is 1. The van der Waals surface area contributed by atoms with E-state index in [-0.39, 0.29) is 6.03 Å². The Morgan fingerprint density at radius 2 is 2.00 bits per heavy atom. The fourth-order valence-corrected chi connectivity index (χ4v) is 2.58. The van der Waals surface area contributed by atoms with Gasteiger partial charge < -0.3 is 20.7 Å². The van der Waals surface area contributed by atoms with Crippen LogP contribution in [0.15, 0.2) is 48.8 Å². The Morgan fingerprint density at radius 1 is 1.14 bits per heavy atom. The normalized spacial score (nSPS) is 10.2. The zero-order chi connectivity index (χ0) is 19.9. The molecule has 0 aliphatic rings. The SMILES string of the molecule is CCNC(=O)Nc1ccc(Oc2ncccc2-c2ccnc(NC)n2)c(C)c1. The van der Waals surface area contributed by atoms with Crippen molar-refractivity contribution in [2.45, 2.75) is 13.8 Å². The van der Waals surface area contributed by atoms with E-state index in [1.54, 1.807) is 37.6 Å². The second kappa shape index (κ2) is 8.81. The van der Waals surface area contributed by atoms with Crippen molar-refractivity contribution in [1.29, 1.82) is 0 Å². The Morgan fingerprint density at radius 3 is 2.75 bits per heavy atom. The fourth-order valence-electron chi connectivity index (χ4n) is 2.58. The number of carbonyl (C=O) groups excluding carboxylic acids is 1. The Bertz CT molecular complexity index is 976. The molecule has 2 heterocycles. The second-order valence-corrected chi connectivity index (χ2v) is 5.94. The minimum atomic E-state index is -0.244. The van der Waals surface area contributed by atoms with Gasteiger partial charge in [-0.3, -0.25) is 0 Å². The van der Waals surface area contributed by atoms with Gasteiger partial charge in [0.1, 0.15) is 5.75 Å². The summed E-state index contributed by atoms with van der Waals surface area (Å²) in [6, 6.07) is 10.7. The third-order valence-electron chi connectivity index (χ3n) is 3.90. The quantitative estimate of drug-likeness (QED) is 0.603. The van der Waals surface area contributed by atoms with Gasteiger partial charge in [0, 0.05) is 31.7 Å². The van der Waals surface area contributed by atoms with Crippen LogP contribution in [0.3, 0.4) is 0 Å². The van der Waals surface area contributed by atoms with Crippen LogP contribution < -0.4 is 20.7 Å². The number of ether oxygens (including phenoxy) is 1. The van der Waals surface area contributed by atoms with Crippen molar-refractivity contribution < 1.29 is 9.53 Å². The van der Waals surface area contributed by atoms with E-state index >= 15 is 0 Å². The van der Waals surface area contributed by atoms with Crippen LogP contribution in [0.4, 0.5) is 16.4 Å². The summed E-state index contributed by atoms with van der Waals surface area (Å²) in [5, 5.41) is 8.40. The molecule has 144 valence electrons. The molecule has 0 saturated carbocycles. The van der Waals surface area contributed by atoms with Crippen LogP contribution in [0.25, 0.3) is 11.3 Å². The Hall–Kier alpha value is -3.68. The third-order valence-corrected chi connectivity index (χ3v) is 3.90. The molecule has 3 rings (SSSR count). The molecule has 3 aromatic rings. The molecule has 28 heavy (non-hydrogen) atoms. The fraction of sp³-hybridized carbons (Fsp3) is 0.200. The highest BCUT2D eigenvalue weighted by Gasteiger charge is 2.12. The van der Waals surface area contributed by atoms with Gasteiger partial charge in [-0.25, -0.2) is 19.7 Å². The predicted molar refractivity (Wildman–Crippen MR) is 109 cm³/mol. The molecule has 8 nitrogen and oxygen atoms in total. The molecule has 1 aromatic carbocycles. The van der Waals surface area contributed by atoms with Gasteiger partial charge in [0.25, 0.3) is 0 Å². The van der Waals surface area contributed by atoms with E-state index in [4.69, 9.17) is 4.74 Å². The number of urea groups is 1. The van der Waals surface area contributed by atoms with Gasteiger partial charge in [-0.15, -0.1) is 0 Å². The molecule has 0 aliphatic heterocycles. The molecular weight excluding hydrogens is 356 g/mol. The van der Waals surface area contributed by atoms with E-state index in [2.05, 4.69) is 30.9 Å². The van der Waals surface area contributed by atoms with Crippen molar-refractivity contribution in [3.8, 4) is 22.9 Å². The number of aromatic nitrogens is 3. The van der Waals surface area contributed by atoms with Crippen LogP contribution in [-0.2, 0) is 0 Å². The molecule has 0 fully saturated rings. The van der Waals surface area contributed by atoms with Crippen molar-refractivity contribution in [1.82, 2.24) is 20.3 Å². The maximum absolute atomic E-state index is 11.7. The topological polar surface area (TPSA) is 101 Å². The average Bonchev–Trinajstić information content (AvgIpc) is 2.70. The maximum Gasteiger partial charge on any atom is 0.319 e. The number of aryl methyl sites for hydroxylation is 1. The second-order valence-electron chi connectivity index (χ2n) is 5.94. The van der Waals surface area contributed by atoms with E-state index in [0.717, 1.165) is 11.1 Å². The Labute approximate surface area is 163 Å². The van der Waals surface area contributed by atoms with Crippen LogP contribution in [0.1, 0.15) is 12.5 Å². The summed E-state index contributed by atoms with van der Waals surface area (Å²) in [4.78, 5) is 24.6. The standard InChI is InChI=1S/C20H22N6O2/c1-4-22-20(27)25-14-7-8-17(13(2)12-14)28-18-15(6-5-10-23-18)16-9-11-24-19(21-3)26-16/h5-12H,4H2,1-3H3,(H,21,24,26)(H2,22,25,27). The Kier molecular flexibility index (Phi) is 6.01. The van der Waals surface area contributed by atoms with E-state index in [9.17, 15) is 4.79 Å². The molecular formula is C20H22N6O2. The summed E-state index contributed by atoms with van der Waals surface area (Å²) < 4.78 is 6.06. The molecule has 0 radical (unpaired) electrons. The molecule has 0 saturated heterocycles. The van der Waals surface area contributed by atoms with Crippen molar-refractivity contribution in [2.24, 2.45) is 0 Å².